The fourth-order valence-electron chi connectivity index (χ4n) is 1.80. The van der Waals surface area contributed by atoms with Crippen LogP contribution in [0.3, 0.4) is 0 Å². The Morgan fingerprint density at radius 3 is 1.94 bits per heavy atom. The molecule has 0 spiro atoms. The average molecular weight is 222 g/mol. The third-order valence-electron chi connectivity index (χ3n) is 2.56. The summed E-state index contributed by atoms with van der Waals surface area (Å²) in [4.78, 5) is 0. The van der Waals surface area contributed by atoms with Crippen LogP contribution in [0.4, 0.5) is 4.39 Å². The van der Waals surface area contributed by atoms with Gasteiger partial charge in [0.25, 0.3) is 0 Å². The molecule has 1 rings (SSSR count). The van der Waals surface area contributed by atoms with Crippen LogP contribution >= 0.6 is 0 Å². The van der Waals surface area contributed by atoms with Crippen LogP contribution in [0.15, 0.2) is 18.2 Å². The molecule has 1 aromatic rings. The van der Waals surface area contributed by atoms with Gasteiger partial charge in [0.1, 0.15) is 5.82 Å². The van der Waals surface area contributed by atoms with E-state index < -0.39 is 0 Å². The summed E-state index contributed by atoms with van der Waals surface area (Å²) in [7, 11) is 0. The lowest BCUT2D eigenvalue weighted by molar-refractivity contribution is 0.409. The Morgan fingerprint density at radius 2 is 1.50 bits per heavy atom. The lowest BCUT2D eigenvalue weighted by Crippen LogP contribution is -2.14. The molecule has 0 N–H and O–H groups in total. The molecule has 1 heteroatoms. The Bertz CT molecular complexity index is 364. The Kier molecular flexibility index (Phi) is 3.47. The number of rotatable bonds is 1. The third kappa shape index (κ3) is 3.96. The summed E-state index contributed by atoms with van der Waals surface area (Å²) >= 11 is 0. The van der Waals surface area contributed by atoms with E-state index in [9.17, 15) is 4.39 Å². The van der Waals surface area contributed by atoms with Crippen LogP contribution in [0.5, 0.6) is 0 Å². The number of benzene rings is 1. The number of hydrogen-bond donors (Lipinski definition) is 0. The summed E-state index contributed by atoms with van der Waals surface area (Å²) in [5.41, 5.74) is 2.38. The zero-order valence-corrected chi connectivity index (χ0v) is 11.3. The molecule has 0 aliphatic carbocycles. The summed E-state index contributed by atoms with van der Waals surface area (Å²) in [6.45, 7) is 12.9. The van der Waals surface area contributed by atoms with Crippen molar-refractivity contribution in [2.24, 2.45) is 5.41 Å². The van der Waals surface area contributed by atoms with Gasteiger partial charge in [-0.3, -0.25) is 0 Å². The van der Waals surface area contributed by atoms with Crippen molar-refractivity contribution >= 4 is 0 Å². The molecule has 16 heavy (non-hydrogen) atoms. The molecule has 0 saturated heterocycles. The summed E-state index contributed by atoms with van der Waals surface area (Å²) < 4.78 is 13.5. The van der Waals surface area contributed by atoms with E-state index >= 15 is 0 Å². The Labute approximate surface area is 98.9 Å². The van der Waals surface area contributed by atoms with Gasteiger partial charge >= 0.3 is 0 Å². The molecule has 1 aromatic carbocycles. The van der Waals surface area contributed by atoms with Crippen LogP contribution in [0.2, 0.25) is 0 Å². The maximum Gasteiger partial charge on any atom is 0.123 e. The lowest BCUT2D eigenvalue weighted by atomic mass is 9.83. The number of halogens is 1. The average Bonchev–Trinajstić information content (AvgIpc) is 1.97. The van der Waals surface area contributed by atoms with E-state index in [4.69, 9.17) is 0 Å². The highest BCUT2D eigenvalue weighted by atomic mass is 19.1. The highest BCUT2D eigenvalue weighted by molar-refractivity contribution is 5.30. The molecule has 0 radical (unpaired) electrons. The first-order valence-corrected chi connectivity index (χ1v) is 5.88. The van der Waals surface area contributed by atoms with Crippen molar-refractivity contribution in [3.63, 3.8) is 0 Å². The van der Waals surface area contributed by atoms with Gasteiger partial charge in [0.05, 0.1) is 0 Å². The molecular weight excluding hydrogens is 199 g/mol. The second kappa shape index (κ2) is 4.20. The SMILES string of the molecule is CC(C)(C)Cc1cc(F)cc(C(C)(C)C)c1. The van der Waals surface area contributed by atoms with E-state index in [2.05, 4.69) is 47.6 Å². The Morgan fingerprint density at radius 1 is 0.938 bits per heavy atom. The standard InChI is InChI=1S/C15H23F/c1-14(2,3)10-11-7-12(15(4,5)6)9-13(16)8-11/h7-9H,10H2,1-6H3. The normalized spacial score (nSPS) is 12.9. The van der Waals surface area contributed by atoms with Gasteiger partial charge in [-0.1, -0.05) is 47.6 Å². The fraction of sp³-hybridized carbons (Fsp3) is 0.600. The molecular formula is C15H23F. The van der Waals surface area contributed by atoms with E-state index in [1.807, 2.05) is 0 Å². The van der Waals surface area contributed by atoms with Gasteiger partial charge < -0.3 is 0 Å². The van der Waals surface area contributed by atoms with Crippen LogP contribution in [-0.2, 0) is 11.8 Å². The molecule has 0 amide bonds. The maximum atomic E-state index is 13.5. The number of hydrogen-bond acceptors (Lipinski definition) is 0. The van der Waals surface area contributed by atoms with Gasteiger partial charge in [-0.2, -0.15) is 0 Å². The zero-order valence-electron chi connectivity index (χ0n) is 11.3. The molecule has 0 aliphatic rings. The third-order valence-corrected chi connectivity index (χ3v) is 2.56. The van der Waals surface area contributed by atoms with Gasteiger partial charge in [0.2, 0.25) is 0 Å². The van der Waals surface area contributed by atoms with Crippen molar-refractivity contribution in [2.45, 2.75) is 53.4 Å². The molecule has 0 aliphatic heterocycles. The van der Waals surface area contributed by atoms with Gasteiger partial charge in [0, 0.05) is 0 Å². The van der Waals surface area contributed by atoms with E-state index in [0.29, 0.717) is 0 Å². The molecule has 0 fully saturated rings. The van der Waals surface area contributed by atoms with Crippen LogP contribution in [0, 0.1) is 11.2 Å². The molecule has 0 atom stereocenters. The smallest absolute Gasteiger partial charge is 0.123 e. The van der Waals surface area contributed by atoms with Gasteiger partial charge in [-0.05, 0) is 40.5 Å². The van der Waals surface area contributed by atoms with Gasteiger partial charge in [-0.25, -0.2) is 4.39 Å². The molecule has 0 unspecified atom stereocenters. The molecule has 0 saturated carbocycles. The predicted octanol–water partition coefficient (Wildman–Crippen LogP) is 4.71. The van der Waals surface area contributed by atoms with Crippen molar-refractivity contribution < 1.29 is 4.39 Å². The van der Waals surface area contributed by atoms with Crippen LogP contribution in [-0.4, -0.2) is 0 Å². The van der Waals surface area contributed by atoms with E-state index in [-0.39, 0.29) is 16.6 Å². The maximum absolute atomic E-state index is 13.5. The van der Waals surface area contributed by atoms with Crippen molar-refractivity contribution in [1.29, 1.82) is 0 Å². The van der Waals surface area contributed by atoms with E-state index in [0.717, 1.165) is 17.5 Å². The second-order valence-corrected chi connectivity index (χ2v) is 6.84. The second-order valence-electron chi connectivity index (χ2n) is 6.84. The monoisotopic (exact) mass is 222 g/mol. The quantitative estimate of drug-likeness (QED) is 0.645. The topological polar surface area (TPSA) is 0 Å². The first-order valence-electron chi connectivity index (χ1n) is 5.88. The minimum Gasteiger partial charge on any atom is -0.207 e. The summed E-state index contributed by atoms with van der Waals surface area (Å²) in [6.07, 6.45) is 0.911. The molecule has 90 valence electrons. The fourth-order valence-corrected chi connectivity index (χ4v) is 1.80. The minimum absolute atomic E-state index is 0.00866. The van der Waals surface area contributed by atoms with Crippen LogP contribution in [0.1, 0.15) is 52.7 Å². The van der Waals surface area contributed by atoms with E-state index in [1.54, 1.807) is 12.1 Å². The molecule has 0 heterocycles. The van der Waals surface area contributed by atoms with Crippen molar-refractivity contribution in [2.75, 3.05) is 0 Å². The summed E-state index contributed by atoms with van der Waals surface area (Å²) in [5.74, 6) is -0.119. The van der Waals surface area contributed by atoms with Crippen LogP contribution in [0.25, 0.3) is 0 Å². The van der Waals surface area contributed by atoms with Gasteiger partial charge in [-0.15, -0.1) is 0 Å². The first kappa shape index (κ1) is 13.2. The molecule has 0 nitrogen and oxygen atoms in total. The van der Waals surface area contributed by atoms with Crippen molar-refractivity contribution in [3.05, 3.63) is 35.1 Å². The summed E-state index contributed by atoms with van der Waals surface area (Å²) in [5, 5.41) is 0. The summed E-state index contributed by atoms with van der Waals surface area (Å²) in [6, 6.07) is 5.43. The first-order chi connectivity index (χ1) is 7.08. The van der Waals surface area contributed by atoms with Crippen LogP contribution < -0.4 is 0 Å². The largest absolute Gasteiger partial charge is 0.207 e. The molecule has 0 aromatic heterocycles. The van der Waals surface area contributed by atoms with Crippen molar-refractivity contribution in [3.8, 4) is 0 Å². The van der Waals surface area contributed by atoms with Gasteiger partial charge in [0.15, 0.2) is 0 Å². The van der Waals surface area contributed by atoms with E-state index in [1.165, 1.54) is 0 Å². The highest BCUT2D eigenvalue weighted by Crippen LogP contribution is 2.27. The predicted molar refractivity (Wildman–Crippen MR) is 68.3 cm³/mol. The van der Waals surface area contributed by atoms with Crippen molar-refractivity contribution in [1.82, 2.24) is 0 Å². The lowest BCUT2D eigenvalue weighted by Gasteiger charge is -2.23. The molecule has 0 bridgehead atoms. The highest BCUT2D eigenvalue weighted by Gasteiger charge is 2.17. The minimum atomic E-state index is -0.119. The Balaban J connectivity index is 3.09. The zero-order chi connectivity index (χ0) is 12.6. The Hall–Kier alpha value is -0.850.